The zero-order valence-electron chi connectivity index (χ0n) is 18.7. The molecule has 1 aliphatic rings. The molecule has 170 valence electrons. The molecular weight excluding hydrogens is 392 g/mol. The van der Waals surface area contributed by atoms with E-state index in [2.05, 4.69) is 28.3 Å². The van der Waals surface area contributed by atoms with Gasteiger partial charge in [0, 0.05) is 52.4 Å². The van der Waals surface area contributed by atoms with E-state index in [1.807, 2.05) is 19.1 Å². The van der Waals surface area contributed by atoms with Gasteiger partial charge in [-0.2, -0.15) is 0 Å². The minimum atomic E-state index is -0.405. The van der Waals surface area contributed by atoms with E-state index >= 15 is 0 Å². The van der Waals surface area contributed by atoms with E-state index in [0.29, 0.717) is 30.9 Å². The number of hydrogen-bond acceptors (Lipinski definition) is 5. The molecule has 2 rings (SSSR count). The highest BCUT2D eigenvalue weighted by Crippen LogP contribution is 2.17. The molecule has 31 heavy (non-hydrogen) atoms. The van der Waals surface area contributed by atoms with Gasteiger partial charge in [0.2, 0.25) is 0 Å². The number of anilines is 1. The Morgan fingerprint density at radius 1 is 1.13 bits per heavy atom. The number of benzene rings is 1. The molecule has 0 spiro atoms. The van der Waals surface area contributed by atoms with Gasteiger partial charge in [0.25, 0.3) is 0 Å². The first-order chi connectivity index (χ1) is 15.1. The van der Waals surface area contributed by atoms with Crippen LogP contribution in [0.15, 0.2) is 49.6 Å². The number of esters is 1. The molecule has 0 aliphatic carbocycles. The van der Waals surface area contributed by atoms with Crippen LogP contribution in [0.1, 0.15) is 30.1 Å². The lowest BCUT2D eigenvalue weighted by Gasteiger charge is -2.35. The van der Waals surface area contributed by atoms with Gasteiger partial charge in [-0.1, -0.05) is 37.6 Å². The van der Waals surface area contributed by atoms with E-state index in [9.17, 15) is 9.59 Å². The summed E-state index contributed by atoms with van der Waals surface area (Å²) in [5.74, 6) is -0.405. The summed E-state index contributed by atoms with van der Waals surface area (Å²) in [4.78, 5) is 31.6. The van der Waals surface area contributed by atoms with Crippen LogP contribution in [-0.2, 0) is 4.74 Å². The molecule has 0 saturated carbocycles. The Kier molecular flexibility index (Phi) is 10.8. The van der Waals surface area contributed by atoms with Crippen LogP contribution in [0.2, 0.25) is 0 Å². The van der Waals surface area contributed by atoms with Gasteiger partial charge in [0.05, 0.1) is 17.9 Å². The first-order valence-electron chi connectivity index (χ1n) is 11.1. The maximum Gasteiger partial charge on any atom is 0.340 e. The molecule has 1 fully saturated rings. The summed E-state index contributed by atoms with van der Waals surface area (Å²) in [6, 6.07) is 6.80. The Labute approximate surface area is 186 Å². The summed E-state index contributed by atoms with van der Waals surface area (Å²) in [6.07, 6.45) is 5.59. The zero-order chi connectivity index (χ0) is 22.5. The molecule has 1 aromatic rings. The molecule has 2 amide bonds. The smallest absolute Gasteiger partial charge is 0.340 e. The van der Waals surface area contributed by atoms with E-state index in [0.717, 1.165) is 52.1 Å². The largest absolute Gasteiger partial charge is 0.462 e. The van der Waals surface area contributed by atoms with Crippen LogP contribution in [0.4, 0.5) is 10.5 Å². The van der Waals surface area contributed by atoms with Crippen molar-refractivity contribution in [3.63, 3.8) is 0 Å². The number of urea groups is 1. The fourth-order valence-electron chi connectivity index (χ4n) is 3.43. The highest BCUT2D eigenvalue weighted by Gasteiger charge is 2.23. The Bertz CT molecular complexity index is 719. The summed E-state index contributed by atoms with van der Waals surface area (Å²) in [7, 11) is 0. The monoisotopic (exact) mass is 428 g/mol. The third-order valence-corrected chi connectivity index (χ3v) is 5.29. The zero-order valence-corrected chi connectivity index (χ0v) is 18.7. The number of nitrogens with one attached hydrogen (secondary N) is 1. The maximum absolute atomic E-state index is 12.8. The SMILES string of the molecule is C=CCN(CC=C)CCN1CCN(C(=O)Nc2ccccc2C(=O)OCCCC)CC1. The lowest BCUT2D eigenvalue weighted by atomic mass is 10.2. The average molecular weight is 429 g/mol. The number of nitrogens with zero attached hydrogens (tertiary/aromatic N) is 3. The van der Waals surface area contributed by atoms with Crippen LogP contribution in [0.5, 0.6) is 0 Å². The highest BCUT2D eigenvalue weighted by atomic mass is 16.5. The molecule has 1 saturated heterocycles. The fraction of sp³-hybridized carbons (Fsp3) is 0.500. The summed E-state index contributed by atoms with van der Waals surface area (Å²) in [5.41, 5.74) is 0.871. The van der Waals surface area contributed by atoms with Crippen LogP contribution in [0.25, 0.3) is 0 Å². The minimum absolute atomic E-state index is 0.187. The van der Waals surface area contributed by atoms with Gasteiger partial charge < -0.3 is 15.0 Å². The van der Waals surface area contributed by atoms with Gasteiger partial charge >= 0.3 is 12.0 Å². The van der Waals surface area contributed by atoms with E-state index in [4.69, 9.17) is 4.74 Å². The lowest BCUT2D eigenvalue weighted by Crippen LogP contribution is -2.51. The molecule has 0 atom stereocenters. The van der Waals surface area contributed by atoms with Crippen molar-refractivity contribution in [2.24, 2.45) is 0 Å². The number of carbonyl (C=O) groups excluding carboxylic acids is 2. The molecule has 7 nitrogen and oxygen atoms in total. The van der Waals surface area contributed by atoms with Gasteiger partial charge in [-0.25, -0.2) is 9.59 Å². The molecule has 0 radical (unpaired) electrons. The van der Waals surface area contributed by atoms with Crippen molar-refractivity contribution in [3.8, 4) is 0 Å². The molecule has 1 aromatic carbocycles. The van der Waals surface area contributed by atoms with Crippen molar-refractivity contribution in [2.45, 2.75) is 19.8 Å². The van der Waals surface area contributed by atoms with Gasteiger partial charge in [-0.3, -0.25) is 9.80 Å². The second-order valence-electron chi connectivity index (χ2n) is 7.63. The minimum Gasteiger partial charge on any atom is -0.462 e. The molecular formula is C24H36N4O3. The third-order valence-electron chi connectivity index (χ3n) is 5.29. The predicted molar refractivity (Wildman–Crippen MR) is 125 cm³/mol. The van der Waals surface area contributed by atoms with Crippen LogP contribution in [0, 0.1) is 0 Å². The molecule has 0 aromatic heterocycles. The standard InChI is InChI=1S/C24H36N4O3/c1-4-7-20-31-23(29)21-10-8-9-11-22(21)25-24(30)28-18-16-27(17-19-28)15-14-26(12-5-2)13-6-3/h5-6,8-11H,2-4,7,12-20H2,1H3,(H,25,30). The Morgan fingerprint density at radius 2 is 1.81 bits per heavy atom. The molecule has 1 aliphatic heterocycles. The molecule has 1 N–H and O–H groups in total. The van der Waals surface area contributed by atoms with Crippen molar-refractivity contribution in [2.75, 3.05) is 64.3 Å². The first-order valence-corrected chi connectivity index (χ1v) is 11.1. The summed E-state index contributed by atoms with van der Waals surface area (Å²) < 4.78 is 5.30. The van der Waals surface area contributed by atoms with Gasteiger partial charge in [-0.05, 0) is 18.6 Å². The second kappa shape index (κ2) is 13.6. The normalized spacial score (nSPS) is 14.3. The summed E-state index contributed by atoms with van der Waals surface area (Å²) in [6.45, 7) is 16.6. The molecule has 0 bridgehead atoms. The van der Waals surface area contributed by atoms with Crippen molar-refractivity contribution in [1.29, 1.82) is 0 Å². The number of hydrogen-bond donors (Lipinski definition) is 1. The Balaban J connectivity index is 1.83. The van der Waals surface area contributed by atoms with Crippen LogP contribution >= 0.6 is 0 Å². The van der Waals surface area contributed by atoms with Crippen molar-refractivity contribution >= 4 is 17.7 Å². The number of ether oxygens (including phenoxy) is 1. The van der Waals surface area contributed by atoms with E-state index in [-0.39, 0.29) is 6.03 Å². The van der Waals surface area contributed by atoms with E-state index in [1.165, 1.54) is 0 Å². The van der Waals surface area contributed by atoms with Crippen molar-refractivity contribution < 1.29 is 14.3 Å². The van der Waals surface area contributed by atoms with Crippen LogP contribution in [-0.4, -0.2) is 85.7 Å². The molecule has 7 heteroatoms. The Hall–Kier alpha value is -2.64. The number of rotatable bonds is 12. The molecule has 1 heterocycles. The Morgan fingerprint density at radius 3 is 2.45 bits per heavy atom. The van der Waals surface area contributed by atoms with Gasteiger partial charge in [0.1, 0.15) is 0 Å². The van der Waals surface area contributed by atoms with Gasteiger partial charge in [0.15, 0.2) is 0 Å². The quantitative estimate of drug-likeness (QED) is 0.314. The van der Waals surface area contributed by atoms with Crippen LogP contribution < -0.4 is 5.32 Å². The highest BCUT2D eigenvalue weighted by molar-refractivity contribution is 6.00. The summed E-state index contributed by atoms with van der Waals surface area (Å²) in [5, 5.41) is 2.89. The van der Waals surface area contributed by atoms with Crippen molar-refractivity contribution in [3.05, 3.63) is 55.1 Å². The number of carbonyl (C=O) groups is 2. The molecule has 0 unspecified atom stereocenters. The number of amides is 2. The topological polar surface area (TPSA) is 65.1 Å². The first kappa shape index (κ1) is 24.6. The van der Waals surface area contributed by atoms with Crippen molar-refractivity contribution in [1.82, 2.24) is 14.7 Å². The maximum atomic E-state index is 12.8. The van der Waals surface area contributed by atoms with E-state index in [1.54, 1.807) is 29.2 Å². The number of unbranched alkanes of at least 4 members (excludes halogenated alkanes) is 1. The lowest BCUT2D eigenvalue weighted by molar-refractivity contribution is 0.0501. The third kappa shape index (κ3) is 8.19. The van der Waals surface area contributed by atoms with E-state index < -0.39 is 5.97 Å². The number of piperazine rings is 1. The van der Waals surface area contributed by atoms with Crippen LogP contribution in [0.3, 0.4) is 0 Å². The fourth-order valence-corrected chi connectivity index (χ4v) is 3.43. The number of para-hydroxylation sites is 1. The second-order valence-corrected chi connectivity index (χ2v) is 7.63. The summed E-state index contributed by atoms with van der Waals surface area (Å²) >= 11 is 0. The predicted octanol–water partition coefficient (Wildman–Crippen LogP) is 3.47. The average Bonchev–Trinajstić information content (AvgIpc) is 2.78. The van der Waals surface area contributed by atoms with Gasteiger partial charge in [-0.15, -0.1) is 13.2 Å².